The summed E-state index contributed by atoms with van der Waals surface area (Å²) in [6.45, 7) is 0. The monoisotopic (exact) mass is 466 g/mol. The van der Waals surface area contributed by atoms with Crippen LogP contribution in [-0.4, -0.2) is 18.9 Å². The number of halogens is 1. The number of anilines is 1. The van der Waals surface area contributed by atoms with Crippen molar-refractivity contribution >= 4 is 33.4 Å². The molecule has 2 amide bonds. The van der Waals surface area contributed by atoms with Gasteiger partial charge in [0.15, 0.2) is 0 Å². The fraction of sp³-hybridized carbons (Fsp3) is 0.167. The van der Waals surface area contributed by atoms with Gasteiger partial charge in [0.2, 0.25) is 5.91 Å². The van der Waals surface area contributed by atoms with Crippen LogP contribution in [0.25, 0.3) is 0 Å². The normalized spacial score (nSPS) is 11.4. The maximum atomic E-state index is 12.9. The molecule has 0 aromatic heterocycles. The van der Waals surface area contributed by atoms with Crippen LogP contribution in [0.1, 0.15) is 23.6 Å². The second-order valence-electron chi connectivity index (χ2n) is 6.74. The molecule has 3 rings (SSSR count). The molecule has 6 heteroatoms. The molecule has 0 aliphatic rings. The molecule has 0 saturated heterocycles. The first kappa shape index (κ1) is 21.6. The Morgan fingerprint density at radius 3 is 2.27 bits per heavy atom. The van der Waals surface area contributed by atoms with Crippen molar-refractivity contribution in [2.24, 2.45) is 0 Å². The number of ether oxygens (including phenoxy) is 1. The van der Waals surface area contributed by atoms with Gasteiger partial charge in [-0.3, -0.25) is 9.59 Å². The Morgan fingerprint density at radius 1 is 0.967 bits per heavy atom. The number of aryl methyl sites for hydroxylation is 1. The summed E-state index contributed by atoms with van der Waals surface area (Å²) in [6.07, 6.45) is 0.816. The highest BCUT2D eigenvalue weighted by Gasteiger charge is 2.22. The second-order valence-corrected chi connectivity index (χ2v) is 7.59. The Kier molecular flexibility index (Phi) is 7.63. The van der Waals surface area contributed by atoms with E-state index in [2.05, 4.69) is 26.6 Å². The number of methoxy groups -OCH3 is 1. The van der Waals surface area contributed by atoms with Crippen LogP contribution < -0.4 is 15.4 Å². The van der Waals surface area contributed by atoms with Gasteiger partial charge in [0.25, 0.3) is 5.91 Å². The summed E-state index contributed by atoms with van der Waals surface area (Å²) < 4.78 is 6.07. The number of carbonyl (C=O) groups is 2. The van der Waals surface area contributed by atoms with Crippen LogP contribution in [-0.2, 0) is 16.0 Å². The molecule has 0 aliphatic carbocycles. The van der Waals surface area contributed by atoms with Gasteiger partial charge in [-0.15, -0.1) is 0 Å². The number of nitrogens with one attached hydrogen (secondary N) is 2. The topological polar surface area (TPSA) is 67.4 Å². The molecule has 0 heterocycles. The first-order chi connectivity index (χ1) is 14.6. The Hall–Kier alpha value is -3.12. The van der Waals surface area contributed by atoms with Crippen LogP contribution in [0.5, 0.6) is 5.75 Å². The van der Waals surface area contributed by atoms with Gasteiger partial charge >= 0.3 is 0 Å². The van der Waals surface area contributed by atoms with Crippen LogP contribution >= 0.6 is 15.9 Å². The molecule has 0 aliphatic heterocycles. The molecule has 2 N–H and O–H groups in total. The van der Waals surface area contributed by atoms with E-state index in [1.807, 2.05) is 78.9 Å². The van der Waals surface area contributed by atoms with Gasteiger partial charge in [-0.1, -0.05) is 54.6 Å². The standard InChI is InChI=1S/C24H23BrN2O3/c1-30-21-14-12-17(16-20(21)25)13-15-22(28)27-23(18-8-4-2-5-9-18)24(29)26-19-10-6-3-7-11-19/h2-12,14,16,23H,13,15H2,1H3,(H,26,29)(H,27,28). The number of hydrogen-bond donors (Lipinski definition) is 2. The number of hydrogen-bond acceptors (Lipinski definition) is 3. The lowest BCUT2D eigenvalue weighted by Crippen LogP contribution is -2.37. The van der Waals surface area contributed by atoms with Gasteiger partial charge in [-0.2, -0.15) is 0 Å². The highest BCUT2D eigenvalue weighted by Crippen LogP contribution is 2.26. The fourth-order valence-electron chi connectivity index (χ4n) is 3.04. The first-order valence-corrected chi connectivity index (χ1v) is 10.4. The number of benzene rings is 3. The van der Waals surface area contributed by atoms with Crippen LogP contribution in [0, 0.1) is 0 Å². The summed E-state index contributed by atoms with van der Waals surface area (Å²) in [6, 6.07) is 23.4. The maximum Gasteiger partial charge on any atom is 0.251 e. The van der Waals surface area contributed by atoms with E-state index in [0.29, 0.717) is 12.1 Å². The van der Waals surface area contributed by atoms with Crippen molar-refractivity contribution in [2.45, 2.75) is 18.9 Å². The predicted octanol–water partition coefficient (Wildman–Crippen LogP) is 4.89. The number of amides is 2. The molecule has 154 valence electrons. The largest absolute Gasteiger partial charge is 0.496 e. The van der Waals surface area contributed by atoms with Gasteiger partial charge < -0.3 is 15.4 Å². The molecule has 0 bridgehead atoms. The fourth-order valence-corrected chi connectivity index (χ4v) is 3.63. The Balaban J connectivity index is 1.67. The average molecular weight is 467 g/mol. The number of carbonyl (C=O) groups excluding carboxylic acids is 2. The summed E-state index contributed by atoms with van der Waals surface area (Å²) >= 11 is 3.46. The first-order valence-electron chi connectivity index (χ1n) is 9.59. The molecule has 0 saturated carbocycles. The van der Waals surface area contributed by atoms with Crippen molar-refractivity contribution in [3.05, 3.63) is 94.5 Å². The lowest BCUT2D eigenvalue weighted by molar-refractivity contribution is -0.126. The smallest absolute Gasteiger partial charge is 0.251 e. The third-order valence-corrected chi connectivity index (χ3v) is 5.22. The third-order valence-electron chi connectivity index (χ3n) is 4.60. The van der Waals surface area contributed by atoms with Crippen molar-refractivity contribution in [3.63, 3.8) is 0 Å². The number of rotatable bonds is 8. The van der Waals surface area contributed by atoms with Gasteiger partial charge in [-0.25, -0.2) is 0 Å². The summed E-state index contributed by atoms with van der Waals surface area (Å²) in [5, 5.41) is 5.74. The predicted molar refractivity (Wildman–Crippen MR) is 121 cm³/mol. The van der Waals surface area contributed by atoms with E-state index in [0.717, 1.165) is 21.3 Å². The Morgan fingerprint density at radius 2 is 1.63 bits per heavy atom. The minimum atomic E-state index is -0.776. The summed E-state index contributed by atoms with van der Waals surface area (Å²) in [5.41, 5.74) is 2.41. The van der Waals surface area contributed by atoms with E-state index < -0.39 is 6.04 Å². The zero-order valence-electron chi connectivity index (χ0n) is 16.6. The Bertz CT molecular complexity index is 994. The van der Waals surface area contributed by atoms with Crippen LogP contribution in [0.2, 0.25) is 0 Å². The van der Waals surface area contributed by atoms with Crippen molar-refractivity contribution in [2.75, 3.05) is 12.4 Å². The van der Waals surface area contributed by atoms with E-state index in [1.165, 1.54) is 0 Å². The minimum absolute atomic E-state index is 0.195. The molecule has 0 radical (unpaired) electrons. The lowest BCUT2D eigenvalue weighted by atomic mass is 10.0. The van der Waals surface area contributed by atoms with Crippen molar-refractivity contribution in [1.82, 2.24) is 5.32 Å². The highest BCUT2D eigenvalue weighted by atomic mass is 79.9. The third kappa shape index (κ3) is 5.94. The maximum absolute atomic E-state index is 12.9. The second kappa shape index (κ2) is 10.6. The average Bonchev–Trinajstić information content (AvgIpc) is 2.77. The zero-order chi connectivity index (χ0) is 21.3. The molecule has 0 spiro atoms. The summed E-state index contributed by atoms with van der Waals surface area (Å²) in [4.78, 5) is 25.5. The van der Waals surface area contributed by atoms with E-state index in [-0.39, 0.29) is 18.2 Å². The quantitative estimate of drug-likeness (QED) is 0.496. The molecular weight excluding hydrogens is 444 g/mol. The molecule has 1 atom stereocenters. The lowest BCUT2D eigenvalue weighted by Gasteiger charge is -2.19. The SMILES string of the molecule is COc1ccc(CCC(=O)NC(C(=O)Nc2ccccc2)c2ccccc2)cc1Br. The van der Waals surface area contributed by atoms with E-state index in [4.69, 9.17) is 4.74 Å². The number of para-hydroxylation sites is 1. The van der Waals surface area contributed by atoms with Crippen molar-refractivity contribution in [1.29, 1.82) is 0 Å². The van der Waals surface area contributed by atoms with Gasteiger partial charge in [0, 0.05) is 12.1 Å². The van der Waals surface area contributed by atoms with E-state index in [9.17, 15) is 9.59 Å². The van der Waals surface area contributed by atoms with Gasteiger partial charge in [-0.05, 0) is 57.7 Å². The summed E-state index contributed by atoms with van der Waals surface area (Å²) in [7, 11) is 1.61. The molecule has 5 nitrogen and oxygen atoms in total. The van der Waals surface area contributed by atoms with Crippen LogP contribution in [0.15, 0.2) is 83.3 Å². The highest BCUT2D eigenvalue weighted by molar-refractivity contribution is 9.10. The Labute approximate surface area is 184 Å². The molecule has 3 aromatic rings. The van der Waals surface area contributed by atoms with Gasteiger partial charge in [0.1, 0.15) is 11.8 Å². The molecule has 1 unspecified atom stereocenters. The van der Waals surface area contributed by atoms with Gasteiger partial charge in [0.05, 0.1) is 11.6 Å². The minimum Gasteiger partial charge on any atom is -0.496 e. The molecule has 0 fully saturated rings. The zero-order valence-corrected chi connectivity index (χ0v) is 18.2. The van der Waals surface area contributed by atoms with Crippen molar-refractivity contribution in [3.8, 4) is 5.75 Å². The molecule has 3 aromatic carbocycles. The van der Waals surface area contributed by atoms with Crippen molar-refractivity contribution < 1.29 is 14.3 Å². The molecular formula is C24H23BrN2O3. The van der Waals surface area contributed by atoms with Crippen LogP contribution in [0.4, 0.5) is 5.69 Å². The molecule has 30 heavy (non-hydrogen) atoms. The van der Waals surface area contributed by atoms with E-state index in [1.54, 1.807) is 7.11 Å². The summed E-state index contributed by atoms with van der Waals surface area (Å²) in [5.74, 6) is 0.261. The van der Waals surface area contributed by atoms with E-state index >= 15 is 0 Å². The van der Waals surface area contributed by atoms with Crippen LogP contribution in [0.3, 0.4) is 0 Å².